The normalized spacial score (nSPS) is 10.6. The van der Waals surface area contributed by atoms with E-state index >= 15 is 0 Å². The van der Waals surface area contributed by atoms with E-state index in [1.165, 1.54) is 0 Å². The number of aryl methyl sites for hydroxylation is 1. The number of ether oxygens (including phenoxy) is 3. The second-order valence-corrected chi connectivity index (χ2v) is 6.70. The Kier molecular flexibility index (Phi) is 6.39. The van der Waals surface area contributed by atoms with Crippen molar-refractivity contribution in [3.8, 4) is 17.2 Å². The van der Waals surface area contributed by atoms with E-state index in [1.54, 1.807) is 14.2 Å². The Morgan fingerprint density at radius 1 is 0.828 bits per heavy atom. The molecule has 3 aromatic rings. The molecular weight excluding hydrogens is 368 g/mol. The van der Waals surface area contributed by atoms with E-state index in [2.05, 4.69) is 20.6 Å². The third kappa shape index (κ3) is 5.28. The monoisotopic (exact) mass is 394 g/mol. The molecule has 0 amide bonds. The van der Waals surface area contributed by atoms with Gasteiger partial charge in [-0.15, -0.1) is 0 Å². The Balaban J connectivity index is 1.86. The lowest BCUT2D eigenvalue weighted by molar-refractivity contribution is 0.244. The van der Waals surface area contributed by atoms with Gasteiger partial charge in [0.2, 0.25) is 5.95 Å². The molecule has 1 heterocycles. The van der Waals surface area contributed by atoms with Crippen molar-refractivity contribution in [3.63, 3.8) is 0 Å². The lowest BCUT2D eigenvalue weighted by Gasteiger charge is -2.16. The Labute approximate surface area is 171 Å². The molecule has 0 aliphatic heterocycles. The van der Waals surface area contributed by atoms with Gasteiger partial charge in [-0.2, -0.15) is 4.98 Å². The zero-order valence-corrected chi connectivity index (χ0v) is 17.3. The summed E-state index contributed by atoms with van der Waals surface area (Å²) in [6, 6.07) is 15.1. The molecule has 7 nitrogen and oxygen atoms in total. The first-order valence-electron chi connectivity index (χ1n) is 9.36. The van der Waals surface area contributed by atoms with Gasteiger partial charge in [0.15, 0.2) is 0 Å². The minimum Gasteiger partial charge on any atom is -0.497 e. The first-order chi connectivity index (χ1) is 14.0. The van der Waals surface area contributed by atoms with Crippen LogP contribution in [0.5, 0.6) is 17.2 Å². The lowest BCUT2D eigenvalue weighted by Crippen LogP contribution is -2.08. The fraction of sp³-hybridized carbons (Fsp3) is 0.273. The molecule has 0 aliphatic carbocycles. The molecule has 0 bridgehead atoms. The third-order valence-corrected chi connectivity index (χ3v) is 4.02. The maximum Gasteiger partial charge on any atom is 0.229 e. The van der Waals surface area contributed by atoms with E-state index in [4.69, 9.17) is 14.2 Å². The Bertz CT molecular complexity index is 976. The number of nitrogens with zero attached hydrogens (tertiary/aromatic N) is 2. The van der Waals surface area contributed by atoms with Crippen LogP contribution in [-0.2, 0) is 0 Å². The molecule has 2 aromatic carbocycles. The first kappa shape index (κ1) is 20.3. The Hall–Kier alpha value is -3.48. The molecule has 2 N–H and O–H groups in total. The third-order valence-electron chi connectivity index (χ3n) is 4.02. The Morgan fingerprint density at radius 3 is 2.31 bits per heavy atom. The van der Waals surface area contributed by atoms with Crippen molar-refractivity contribution in [3.05, 3.63) is 54.2 Å². The maximum atomic E-state index is 5.86. The topological polar surface area (TPSA) is 77.5 Å². The first-order valence-corrected chi connectivity index (χ1v) is 9.36. The van der Waals surface area contributed by atoms with Crippen molar-refractivity contribution in [2.75, 3.05) is 24.9 Å². The molecule has 0 radical (unpaired) electrons. The molecule has 0 fully saturated rings. The van der Waals surface area contributed by atoms with Crippen LogP contribution in [0.15, 0.2) is 48.5 Å². The molecule has 0 atom stereocenters. The standard InChI is InChI=1S/C22H26N4O3/c1-14(2)29-19-9-7-6-8-17(19)25-22-23-15(3)12-21(26-22)24-18-11-10-16(27-4)13-20(18)28-5/h6-14H,1-5H3,(H2,23,24,25,26). The van der Waals surface area contributed by atoms with Crippen LogP contribution in [0.2, 0.25) is 0 Å². The molecule has 152 valence electrons. The maximum absolute atomic E-state index is 5.86. The van der Waals surface area contributed by atoms with E-state index in [-0.39, 0.29) is 6.10 Å². The van der Waals surface area contributed by atoms with Gasteiger partial charge in [-0.1, -0.05) is 12.1 Å². The van der Waals surface area contributed by atoms with E-state index in [9.17, 15) is 0 Å². The van der Waals surface area contributed by atoms with Gasteiger partial charge in [-0.25, -0.2) is 4.98 Å². The van der Waals surface area contributed by atoms with Crippen molar-refractivity contribution in [2.24, 2.45) is 0 Å². The largest absolute Gasteiger partial charge is 0.497 e. The van der Waals surface area contributed by atoms with Crippen molar-refractivity contribution < 1.29 is 14.2 Å². The second-order valence-electron chi connectivity index (χ2n) is 6.70. The zero-order valence-electron chi connectivity index (χ0n) is 17.3. The summed E-state index contributed by atoms with van der Waals surface area (Å²) in [5, 5.41) is 6.54. The van der Waals surface area contributed by atoms with Gasteiger partial charge in [0.05, 0.1) is 31.7 Å². The number of para-hydroxylation sites is 2. The molecule has 0 unspecified atom stereocenters. The van der Waals surface area contributed by atoms with E-state index in [0.717, 1.165) is 28.6 Å². The molecule has 1 aromatic heterocycles. The van der Waals surface area contributed by atoms with Crippen LogP contribution in [0.1, 0.15) is 19.5 Å². The number of aromatic nitrogens is 2. The van der Waals surface area contributed by atoms with Crippen molar-refractivity contribution in [1.82, 2.24) is 9.97 Å². The lowest BCUT2D eigenvalue weighted by atomic mass is 10.2. The fourth-order valence-corrected chi connectivity index (χ4v) is 2.78. The molecule has 0 aliphatic rings. The Morgan fingerprint density at radius 2 is 1.59 bits per heavy atom. The van der Waals surface area contributed by atoms with Crippen molar-refractivity contribution in [1.29, 1.82) is 0 Å². The van der Waals surface area contributed by atoms with Crippen LogP contribution in [0.4, 0.5) is 23.1 Å². The highest BCUT2D eigenvalue weighted by atomic mass is 16.5. The number of hydrogen-bond donors (Lipinski definition) is 2. The summed E-state index contributed by atoms with van der Waals surface area (Å²) in [4.78, 5) is 9.08. The minimum atomic E-state index is 0.0659. The van der Waals surface area contributed by atoms with Crippen LogP contribution in [0.25, 0.3) is 0 Å². The van der Waals surface area contributed by atoms with Gasteiger partial charge in [-0.05, 0) is 45.0 Å². The van der Waals surface area contributed by atoms with Crippen LogP contribution in [-0.4, -0.2) is 30.3 Å². The number of rotatable bonds is 8. The SMILES string of the molecule is COc1ccc(Nc2cc(C)nc(Nc3ccccc3OC(C)C)n2)c(OC)c1. The molecule has 3 rings (SSSR count). The van der Waals surface area contributed by atoms with Gasteiger partial charge in [-0.3, -0.25) is 0 Å². The van der Waals surface area contributed by atoms with Crippen LogP contribution in [0, 0.1) is 6.92 Å². The summed E-state index contributed by atoms with van der Waals surface area (Å²) in [7, 11) is 3.23. The molecule has 0 saturated carbocycles. The van der Waals surface area contributed by atoms with Gasteiger partial charge in [0.1, 0.15) is 23.1 Å². The van der Waals surface area contributed by atoms with Gasteiger partial charge in [0.25, 0.3) is 0 Å². The number of hydrogen-bond acceptors (Lipinski definition) is 7. The van der Waals surface area contributed by atoms with Crippen LogP contribution in [0.3, 0.4) is 0 Å². The average molecular weight is 394 g/mol. The molecule has 0 saturated heterocycles. The van der Waals surface area contributed by atoms with E-state index in [0.29, 0.717) is 17.5 Å². The second kappa shape index (κ2) is 9.14. The summed E-state index contributed by atoms with van der Waals surface area (Å²) in [5.41, 5.74) is 2.40. The predicted molar refractivity (Wildman–Crippen MR) is 115 cm³/mol. The summed E-state index contributed by atoms with van der Waals surface area (Å²) in [6.45, 7) is 5.90. The molecule has 7 heteroatoms. The smallest absolute Gasteiger partial charge is 0.229 e. The minimum absolute atomic E-state index is 0.0659. The summed E-state index contributed by atoms with van der Waals surface area (Å²) in [6.07, 6.45) is 0.0659. The van der Waals surface area contributed by atoms with Crippen molar-refractivity contribution >= 4 is 23.1 Å². The highest BCUT2D eigenvalue weighted by Gasteiger charge is 2.10. The molecular formula is C22H26N4O3. The summed E-state index contributed by atoms with van der Waals surface area (Å²) >= 11 is 0. The molecule has 0 spiro atoms. The average Bonchev–Trinajstić information content (AvgIpc) is 2.69. The fourth-order valence-electron chi connectivity index (χ4n) is 2.78. The predicted octanol–water partition coefficient (Wildman–Crippen LogP) is 5.08. The number of benzene rings is 2. The quantitative estimate of drug-likeness (QED) is 0.552. The summed E-state index contributed by atoms with van der Waals surface area (Å²) < 4.78 is 16.6. The number of nitrogens with one attached hydrogen (secondary N) is 2. The molecule has 29 heavy (non-hydrogen) atoms. The van der Waals surface area contributed by atoms with Crippen LogP contribution < -0.4 is 24.8 Å². The summed E-state index contributed by atoms with van der Waals surface area (Å²) in [5.74, 6) is 3.24. The van der Waals surface area contributed by atoms with Gasteiger partial charge >= 0.3 is 0 Å². The highest BCUT2D eigenvalue weighted by molar-refractivity contribution is 5.68. The van der Waals surface area contributed by atoms with Gasteiger partial charge < -0.3 is 24.8 Å². The van der Waals surface area contributed by atoms with E-state index < -0.39 is 0 Å². The number of methoxy groups -OCH3 is 2. The van der Waals surface area contributed by atoms with Crippen molar-refractivity contribution in [2.45, 2.75) is 26.9 Å². The van der Waals surface area contributed by atoms with Gasteiger partial charge in [0, 0.05) is 17.8 Å². The van der Waals surface area contributed by atoms with E-state index in [1.807, 2.05) is 69.3 Å². The number of anilines is 4. The highest BCUT2D eigenvalue weighted by Crippen LogP contribution is 2.32. The zero-order chi connectivity index (χ0) is 20.8. The van der Waals surface area contributed by atoms with Crippen LogP contribution >= 0.6 is 0 Å².